The molecule has 0 atom stereocenters. The number of hydrogen-bond donors (Lipinski definition) is 2. The third kappa shape index (κ3) is 2.05. The van der Waals surface area contributed by atoms with Crippen molar-refractivity contribution in [1.82, 2.24) is 0 Å². The third-order valence-electron chi connectivity index (χ3n) is 1.54. The van der Waals surface area contributed by atoms with E-state index in [1.807, 2.05) is 0 Å². The van der Waals surface area contributed by atoms with Crippen molar-refractivity contribution in [3.8, 4) is 0 Å². The lowest BCUT2D eigenvalue weighted by molar-refractivity contribution is 0.0697. The maximum atomic E-state index is 10.7. The van der Waals surface area contributed by atoms with Gasteiger partial charge in [0.25, 0.3) is 0 Å². The van der Waals surface area contributed by atoms with Crippen LogP contribution in [0, 0.1) is 0 Å². The molecule has 3 nitrogen and oxygen atoms in total. The largest absolute Gasteiger partial charge is 0.478 e. The van der Waals surface area contributed by atoms with Gasteiger partial charge in [0, 0.05) is 12.1 Å². The number of carbonyl (C=O) groups is 1. The predicted octanol–water partition coefficient (Wildman–Crippen LogP) is 2.73. The summed E-state index contributed by atoms with van der Waals surface area (Å²) in [6.45, 7) is 0. The summed E-state index contributed by atoms with van der Waals surface area (Å²) < 4.78 is 0. The quantitative estimate of drug-likeness (QED) is 0.805. The summed E-state index contributed by atoms with van der Waals surface area (Å²) in [5.74, 6) is -1.09. The van der Waals surface area contributed by atoms with Crippen LogP contribution in [-0.4, -0.2) is 18.1 Å². The second-order valence-electron chi connectivity index (χ2n) is 2.37. The smallest absolute Gasteiger partial charge is 0.337 e. The van der Waals surface area contributed by atoms with E-state index in [-0.39, 0.29) is 10.6 Å². The number of halogens is 2. The monoisotopic (exact) mass is 219 g/mol. The van der Waals surface area contributed by atoms with Gasteiger partial charge in [-0.05, 0) is 12.1 Å². The fourth-order valence-electron chi connectivity index (χ4n) is 0.927. The van der Waals surface area contributed by atoms with Crippen LogP contribution >= 0.6 is 23.2 Å². The summed E-state index contributed by atoms with van der Waals surface area (Å²) >= 11 is 11.5. The number of carboxylic acids is 1. The van der Waals surface area contributed by atoms with E-state index in [0.29, 0.717) is 10.7 Å². The molecule has 0 aromatic heterocycles. The average Bonchev–Trinajstić information content (AvgIpc) is 2.08. The third-order valence-corrected chi connectivity index (χ3v) is 2.16. The molecule has 2 N–H and O–H groups in total. The molecule has 0 unspecified atom stereocenters. The number of rotatable bonds is 2. The Morgan fingerprint density at radius 2 is 2.08 bits per heavy atom. The van der Waals surface area contributed by atoms with E-state index >= 15 is 0 Å². The highest BCUT2D eigenvalue weighted by molar-refractivity contribution is 6.38. The number of anilines is 1. The minimum Gasteiger partial charge on any atom is -0.478 e. The Bertz CT molecular complexity index is 352. The molecule has 1 aromatic rings. The number of hydrogen-bond acceptors (Lipinski definition) is 2. The Kier molecular flexibility index (Phi) is 3.01. The summed E-state index contributed by atoms with van der Waals surface area (Å²) in [7, 11) is 1.64. The first-order valence-electron chi connectivity index (χ1n) is 3.46. The van der Waals surface area contributed by atoms with Crippen molar-refractivity contribution in [2.24, 2.45) is 0 Å². The number of aromatic carboxylic acids is 1. The maximum Gasteiger partial charge on any atom is 0.337 e. The Morgan fingerprint density at radius 3 is 2.54 bits per heavy atom. The van der Waals surface area contributed by atoms with Gasteiger partial charge in [0.05, 0.1) is 16.3 Å². The van der Waals surface area contributed by atoms with Gasteiger partial charge in [0.1, 0.15) is 0 Å². The summed E-state index contributed by atoms with van der Waals surface area (Å²) in [4.78, 5) is 10.7. The van der Waals surface area contributed by atoms with Crippen LogP contribution in [0.25, 0.3) is 0 Å². The van der Waals surface area contributed by atoms with Gasteiger partial charge in [-0.15, -0.1) is 0 Å². The van der Waals surface area contributed by atoms with Crippen LogP contribution in [0.1, 0.15) is 10.4 Å². The first-order chi connectivity index (χ1) is 6.06. The zero-order chi connectivity index (χ0) is 10.0. The van der Waals surface area contributed by atoms with Crippen LogP contribution in [0.2, 0.25) is 10.0 Å². The highest BCUT2D eigenvalue weighted by Crippen LogP contribution is 2.29. The molecular formula is C8H7Cl2NO2. The highest BCUT2D eigenvalue weighted by atomic mass is 35.5. The average molecular weight is 220 g/mol. The van der Waals surface area contributed by atoms with Crippen molar-refractivity contribution in [3.05, 3.63) is 27.7 Å². The zero-order valence-corrected chi connectivity index (χ0v) is 8.28. The fourth-order valence-corrected chi connectivity index (χ4v) is 1.43. The standard InChI is InChI=1S/C8H7Cl2NO2/c1-11-6-3-4(9)2-5(7(6)10)8(12)13/h2-3,11H,1H3,(H,12,13). The minimum absolute atomic E-state index is 0.00137. The molecule has 0 spiro atoms. The molecule has 0 amide bonds. The molecule has 70 valence electrons. The van der Waals surface area contributed by atoms with E-state index < -0.39 is 5.97 Å². The molecule has 0 saturated heterocycles. The fraction of sp³-hybridized carbons (Fsp3) is 0.125. The van der Waals surface area contributed by atoms with Gasteiger partial charge in [-0.3, -0.25) is 0 Å². The molecule has 13 heavy (non-hydrogen) atoms. The molecule has 0 aliphatic carbocycles. The maximum absolute atomic E-state index is 10.7. The molecule has 5 heteroatoms. The minimum atomic E-state index is -1.09. The topological polar surface area (TPSA) is 49.3 Å². The summed E-state index contributed by atoms with van der Waals surface area (Å²) in [6.07, 6.45) is 0. The lowest BCUT2D eigenvalue weighted by Gasteiger charge is -2.06. The summed E-state index contributed by atoms with van der Waals surface area (Å²) in [5.41, 5.74) is 0.505. The lowest BCUT2D eigenvalue weighted by Crippen LogP contribution is -2.00. The molecule has 0 bridgehead atoms. The van der Waals surface area contributed by atoms with Crippen molar-refractivity contribution in [2.75, 3.05) is 12.4 Å². The van der Waals surface area contributed by atoms with Gasteiger partial charge in [-0.1, -0.05) is 23.2 Å². The molecule has 0 aliphatic heterocycles. The molecular weight excluding hydrogens is 213 g/mol. The van der Waals surface area contributed by atoms with E-state index in [0.717, 1.165) is 0 Å². The van der Waals surface area contributed by atoms with Crippen LogP contribution in [0.3, 0.4) is 0 Å². The van der Waals surface area contributed by atoms with Gasteiger partial charge in [0.2, 0.25) is 0 Å². The molecule has 1 aromatic carbocycles. The van der Waals surface area contributed by atoms with Gasteiger partial charge in [0.15, 0.2) is 0 Å². The van der Waals surface area contributed by atoms with Crippen LogP contribution in [0.15, 0.2) is 12.1 Å². The Balaban J connectivity index is 3.35. The number of carboxylic acid groups (broad SMARTS) is 1. The van der Waals surface area contributed by atoms with Crippen LogP contribution in [0.4, 0.5) is 5.69 Å². The molecule has 0 heterocycles. The lowest BCUT2D eigenvalue weighted by atomic mass is 10.2. The van der Waals surface area contributed by atoms with Gasteiger partial charge < -0.3 is 10.4 Å². The molecule has 0 fully saturated rings. The van der Waals surface area contributed by atoms with Crippen LogP contribution in [-0.2, 0) is 0 Å². The molecule has 1 rings (SSSR count). The van der Waals surface area contributed by atoms with E-state index in [1.54, 1.807) is 13.1 Å². The van der Waals surface area contributed by atoms with Crippen molar-refractivity contribution >= 4 is 34.9 Å². The first kappa shape index (κ1) is 10.2. The molecule has 0 radical (unpaired) electrons. The number of benzene rings is 1. The van der Waals surface area contributed by atoms with E-state index in [2.05, 4.69) is 5.32 Å². The predicted molar refractivity (Wildman–Crippen MR) is 53.0 cm³/mol. The SMILES string of the molecule is CNc1cc(Cl)cc(C(=O)O)c1Cl. The second-order valence-corrected chi connectivity index (χ2v) is 3.18. The second kappa shape index (κ2) is 3.85. The summed E-state index contributed by atoms with van der Waals surface area (Å²) in [6, 6.07) is 2.88. The van der Waals surface area contributed by atoms with E-state index in [1.165, 1.54) is 6.07 Å². The molecule has 0 saturated carbocycles. The van der Waals surface area contributed by atoms with Crippen LogP contribution < -0.4 is 5.32 Å². The van der Waals surface area contributed by atoms with Gasteiger partial charge in [-0.25, -0.2) is 4.79 Å². The number of nitrogens with one attached hydrogen (secondary N) is 1. The van der Waals surface area contributed by atoms with Gasteiger partial charge >= 0.3 is 5.97 Å². The first-order valence-corrected chi connectivity index (χ1v) is 4.22. The Morgan fingerprint density at radius 1 is 1.46 bits per heavy atom. The molecule has 0 aliphatic rings. The van der Waals surface area contributed by atoms with E-state index in [9.17, 15) is 4.79 Å². The van der Waals surface area contributed by atoms with Crippen molar-refractivity contribution < 1.29 is 9.90 Å². The normalized spacial score (nSPS) is 9.77. The highest BCUT2D eigenvalue weighted by Gasteiger charge is 2.12. The van der Waals surface area contributed by atoms with E-state index in [4.69, 9.17) is 28.3 Å². The van der Waals surface area contributed by atoms with Crippen molar-refractivity contribution in [3.63, 3.8) is 0 Å². The zero-order valence-electron chi connectivity index (χ0n) is 6.77. The van der Waals surface area contributed by atoms with Gasteiger partial charge in [-0.2, -0.15) is 0 Å². The Hall–Kier alpha value is -0.930. The summed E-state index contributed by atoms with van der Waals surface area (Å²) in [5, 5.41) is 12.0. The van der Waals surface area contributed by atoms with Crippen molar-refractivity contribution in [1.29, 1.82) is 0 Å². The van der Waals surface area contributed by atoms with Crippen LogP contribution in [0.5, 0.6) is 0 Å². The van der Waals surface area contributed by atoms with Crippen molar-refractivity contribution in [2.45, 2.75) is 0 Å². The Labute approximate surface area is 85.3 Å².